The molecule has 2 N–H and O–H groups in total. The second kappa shape index (κ2) is 19.5. The van der Waals surface area contributed by atoms with E-state index in [1.54, 1.807) is 0 Å². The molecule has 2 rings (SSSR count). The van der Waals surface area contributed by atoms with E-state index in [-0.39, 0.29) is 56.6 Å². The quantitative estimate of drug-likeness (QED) is 0.0769. The van der Waals surface area contributed by atoms with Gasteiger partial charge in [0.1, 0.15) is 18.5 Å². The van der Waals surface area contributed by atoms with Crippen molar-refractivity contribution in [2.75, 3.05) is 44.0 Å². The van der Waals surface area contributed by atoms with Gasteiger partial charge in [-0.25, -0.2) is 27.1 Å². The fraction of sp³-hybridized carbons (Fsp3) is 0.552. The zero-order valence-electron chi connectivity index (χ0n) is 27.3. The van der Waals surface area contributed by atoms with Crippen LogP contribution in [0.15, 0.2) is 30.3 Å². The Kier molecular flexibility index (Phi) is 16.1. The summed E-state index contributed by atoms with van der Waals surface area (Å²) in [5.74, 6) is -1.55. The monoisotopic (exact) mass is 717 g/mol. The second-order valence-corrected chi connectivity index (χ2v) is 13.0. The lowest BCUT2D eigenvalue weighted by atomic mass is 9.97. The summed E-state index contributed by atoms with van der Waals surface area (Å²) in [4.78, 5) is 50.2. The minimum absolute atomic E-state index is 0.0460. The number of halogens is 1. The highest BCUT2D eigenvalue weighted by Crippen LogP contribution is 2.31. The first-order valence-corrected chi connectivity index (χ1v) is 16.8. The molecule has 272 valence electrons. The Morgan fingerprint density at radius 2 is 1.76 bits per heavy atom. The molecule has 0 spiro atoms. The van der Waals surface area contributed by atoms with E-state index in [1.165, 1.54) is 43.5 Å². The fourth-order valence-electron chi connectivity index (χ4n) is 4.19. The van der Waals surface area contributed by atoms with Crippen LogP contribution in [-0.2, 0) is 34.0 Å². The van der Waals surface area contributed by atoms with Crippen molar-refractivity contribution in [1.29, 1.82) is 0 Å². The molecule has 1 heterocycles. The number of benzene rings is 1. The first-order valence-electron chi connectivity index (χ1n) is 15.0. The summed E-state index contributed by atoms with van der Waals surface area (Å²) in [7, 11) is -2.41. The molecule has 0 saturated heterocycles. The van der Waals surface area contributed by atoms with Gasteiger partial charge in [-0.15, -0.1) is 20.2 Å². The summed E-state index contributed by atoms with van der Waals surface area (Å²) in [5.41, 5.74) is 1.64. The third kappa shape index (κ3) is 14.6. The summed E-state index contributed by atoms with van der Waals surface area (Å²) in [6.07, 6.45) is -0.287. The summed E-state index contributed by atoms with van der Waals surface area (Å²) in [6.45, 7) is 2.99. The molecule has 0 amide bonds. The predicted molar refractivity (Wildman–Crippen MR) is 171 cm³/mol. The first kappa shape index (κ1) is 40.6. The number of aromatic nitrogens is 2. The van der Waals surface area contributed by atoms with Gasteiger partial charge in [0.15, 0.2) is 0 Å². The van der Waals surface area contributed by atoms with E-state index >= 15 is 0 Å². The number of hydrogen-bond acceptors (Lipinski definition) is 15. The minimum atomic E-state index is -3.71. The Morgan fingerprint density at radius 3 is 2.35 bits per heavy atom. The predicted octanol–water partition coefficient (Wildman–Crippen LogP) is 2.44. The van der Waals surface area contributed by atoms with E-state index < -0.39 is 63.3 Å². The van der Waals surface area contributed by atoms with Gasteiger partial charge in [-0.2, -0.15) is 0 Å². The molecule has 0 bridgehead atoms. The number of anilines is 1. The van der Waals surface area contributed by atoms with Gasteiger partial charge >= 0.3 is 5.97 Å². The lowest BCUT2D eigenvalue weighted by molar-refractivity contribution is -0.790. The van der Waals surface area contributed by atoms with Crippen LogP contribution in [0.2, 0.25) is 0 Å². The highest BCUT2D eigenvalue weighted by atomic mass is 32.2. The average Bonchev–Trinajstić information content (AvgIpc) is 3.00. The standard InChI is InChI=1S/C29H40FN5O13S/c1-19(2)27-25(28(20-6-8-21(30)9-7-20)32-29(31-27)33(3)49(4,43)44)11-10-22(36)16-23(37)17-26(38)46-14-5-13-45-15-12-24(48-35(41)42)18-47-34(39)40/h6-11,19,22-24,36-37H,5,12-18H2,1-4H3/b11-10+/t22-,23-,24?/m1/s1. The number of ether oxygens (including phenoxy) is 2. The van der Waals surface area contributed by atoms with E-state index in [4.69, 9.17) is 9.47 Å². The van der Waals surface area contributed by atoms with Gasteiger partial charge in [0.2, 0.25) is 16.0 Å². The molecular formula is C29H40FN5O13S. The lowest BCUT2D eigenvalue weighted by Crippen LogP contribution is -2.27. The summed E-state index contributed by atoms with van der Waals surface area (Å²) < 4.78 is 49.4. The molecule has 0 saturated carbocycles. The van der Waals surface area contributed by atoms with Crippen LogP contribution in [0.4, 0.5) is 10.3 Å². The Bertz CT molecular complexity index is 1540. The van der Waals surface area contributed by atoms with Gasteiger partial charge < -0.3 is 29.4 Å². The Balaban J connectivity index is 1.96. The number of hydrogen-bond donors (Lipinski definition) is 2. The molecular weight excluding hydrogens is 677 g/mol. The van der Waals surface area contributed by atoms with Gasteiger partial charge in [0.25, 0.3) is 10.2 Å². The molecule has 0 radical (unpaired) electrons. The number of esters is 1. The van der Waals surface area contributed by atoms with Crippen molar-refractivity contribution in [3.63, 3.8) is 0 Å². The highest BCUT2D eigenvalue weighted by molar-refractivity contribution is 7.92. The maximum atomic E-state index is 13.7. The molecule has 1 unspecified atom stereocenters. The molecule has 20 heteroatoms. The number of aliphatic hydroxyl groups is 2. The SMILES string of the molecule is CC(C)c1nc(N(C)S(C)(=O)=O)nc(-c2ccc(F)cc2)c1/C=C/[C@@H](O)C[C@@H](O)CC(=O)OCCCOCCC(CO[N+](=O)[O-])O[N+](=O)[O-]. The maximum absolute atomic E-state index is 13.7. The van der Waals surface area contributed by atoms with E-state index in [9.17, 15) is 48.0 Å². The van der Waals surface area contributed by atoms with Gasteiger partial charge in [-0.1, -0.05) is 26.0 Å². The van der Waals surface area contributed by atoms with Crippen LogP contribution < -0.4 is 4.31 Å². The molecule has 49 heavy (non-hydrogen) atoms. The Labute approximate surface area is 281 Å². The lowest BCUT2D eigenvalue weighted by Gasteiger charge is -2.20. The normalized spacial score (nSPS) is 13.6. The molecule has 18 nitrogen and oxygen atoms in total. The number of carbonyl (C=O) groups excluding carboxylic acids is 1. The highest BCUT2D eigenvalue weighted by Gasteiger charge is 2.23. The molecule has 0 aliphatic heterocycles. The third-order valence-corrected chi connectivity index (χ3v) is 7.85. The smallest absolute Gasteiger partial charge is 0.308 e. The molecule has 0 aliphatic carbocycles. The van der Waals surface area contributed by atoms with Crippen LogP contribution in [-0.4, -0.2) is 103 Å². The van der Waals surface area contributed by atoms with Crippen LogP contribution in [0.25, 0.3) is 17.3 Å². The van der Waals surface area contributed by atoms with Crippen LogP contribution in [0.1, 0.15) is 56.7 Å². The van der Waals surface area contributed by atoms with Crippen molar-refractivity contribution in [3.8, 4) is 11.3 Å². The zero-order chi connectivity index (χ0) is 36.7. The number of sulfonamides is 1. The maximum Gasteiger partial charge on any atom is 0.308 e. The summed E-state index contributed by atoms with van der Waals surface area (Å²) >= 11 is 0. The van der Waals surface area contributed by atoms with Crippen LogP contribution in [0.5, 0.6) is 0 Å². The van der Waals surface area contributed by atoms with Crippen molar-refractivity contribution in [3.05, 3.63) is 67.6 Å². The number of nitrogens with zero attached hydrogens (tertiary/aromatic N) is 5. The number of aliphatic hydroxyl groups excluding tert-OH is 2. The van der Waals surface area contributed by atoms with Crippen molar-refractivity contribution >= 4 is 28.0 Å². The van der Waals surface area contributed by atoms with E-state index in [0.29, 0.717) is 16.8 Å². The molecule has 1 aromatic carbocycles. The number of carbonyl (C=O) groups is 1. The average molecular weight is 718 g/mol. The second-order valence-electron chi connectivity index (χ2n) is 11.0. The largest absolute Gasteiger partial charge is 0.466 e. The van der Waals surface area contributed by atoms with Gasteiger partial charge in [0.05, 0.1) is 42.9 Å². The summed E-state index contributed by atoms with van der Waals surface area (Å²) in [6, 6.07) is 5.40. The van der Waals surface area contributed by atoms with Gasteiger partial charge in [-0.3, -0.25) is 4.79 Å². The fourth-order valence-corrected chi connectivity index (χ4v) is 4.57. The first-order chi connectivity index (χ1) is 23.0. The van der Waals surface area contributed by atoms with Gasteiger partial charge in [-0.05, 0) is 36.6 Å². The molecule has 2 aromatic rings. The molecule has 1 aromatic heterocycles. The molecule has 3 atom stereocenters. The van der Waals surface area contributed by atoms with Crippen molar-refractivity contribution in [2.45, 2.75) is 63.8 Å². The Hall–Kier alpha value is -4.53. The van der Waals surface area contributed by atoms with Crippen molar-refractivity contribution < 1.29 is 57.1 Å². The van der Waals surface area contributed by atoms with Crippen molar-refractivity contribution in [1.82, 2.24) is 9.97 Å². The molecule has 0 fully saturated rings. The zero-order valence-corrected chi connectivity index (χ0v) is 28.2. The van der Waals surface area contributed by atoms with Crippen LogP contribution in [0, 0.1) is 26.0 Å². The molecule has 0 aliphatic rings. The van der Waals surface area contributed by atoms with Crippen molar-refractivity contribution in [2.24, 2.45) is 0 Å². The third-order valence-electron chi connectivity index (χ3n) is 6.69. The van der Waals surface area contributed by atoms with Crippen LogP contribution >= 0.6 is 0 Å². The van der Waals surface area contributed by atoms with E-state index in [1.807, 2.05) is 13.8 Å². The van der Waals surface area contributed by atoms with Crippen LogP contribution in [0.3, 0.4) is 0 Å². The van der Waals surface area contributed by atoms with E-state index in [2.05, 4.69) is 19.6 Å². The minimum Gasteiger partial charge on any atom is -0.466 e. The van der Waals surface area contributed by atoms with Gasteiger partial charge in [0, 0.05) is 44.2 Å². The van der Waals surface area contributed by atoms with E-state index in [0.717, 1.165) is 10.6 Å². The number of rotatable bonds is 22. The Morgan fingerprint density at radius 1 is 1.08 bits per heavy atom. The topological polar surface area (TPSA) is 244 Å². The summed E-state index contributed by atoms with van der Waals surface area (Å²) in [5, 5.41) is 39.6.